The Morgan fingerprint density at radius 1 is 1.48 bits per heavy atom. The van der Waals surface area contributed by atoms with Crippen LogP contribution in [0.25, 0.3) is 0 Å². The van der Waals surface area contributed by atoms with Crippen molar-refractivity contribution in [3.8, 4) is 0 Å². The lowest BCUT2D eigenvalue weighted by atomic mass is 9.99. The zero-order chi connectivity index (χ0) is 15.5. The highest BCUT2D eigenvalue weighted by Crippen LogP contribution is 2.22. The molecule has 0 amide bonds. The first kappa shape index (κ1) is 16.7. The van der Waals surface area contributed by atoms with Crippen LogP contribution < -0.4 is 10.0 Å². The molecular formula is C14H21ClN2O3S. The summed E-state index contributed by atoms with van der Waals surface area (Å²) in [4.78, 5) is 0.262. The molecule has 1 aromatic rings. The minimum atomic E-state index is -3.56. The van der Waals surface area contributed by atoms with Crippen LogP contribution in [-0.2, 0) is 14.8 Å². The Morgan fingerprint density at radius 2 is 2.24 bits per heavy atom. The van der Waals surface area contributed by atoms with Crippen LogP contribution in [0, 0.1) is 6.92 Å². The minimum absolute atomic E-state index is 0.262. The molecule has 0 radical (unpaired) electrons. The number of hydrogen-bond acceptors (Lipinski definition) is 4. The van der Waals surface area contributed by atoms with E-state index < -0.39 is 10.0 Å². The standard InChI is InChI=1S/C14H21ClN2O3S/c1-11-8-12(15)4-5-13(11)21(18,19)17-9-14(10-20-2)6-3-7-16-14/h4-5,8,16-17H,3,6-7,9-10H2,1-2H3. The number of ether oxygens (including phenoxy) is 1. The van der Waals surface area contributed by atoms with E-state index in [9.17, 15) is 8.42 Å². The maximum absolute atomic E-state index is 12.4. The normalized spacial score (nSPS) is 22.6. The SMILES string of the molecule is COCC1(CNS(=O)(=O)c2ccc(Cl)cc2C)CCCN1. The Morgan fingerprint density at radius 3 is 2.81 bits per heavy atom. The largest absolute Gasteiger partial charge is 0.383 e. The predicted molar refractivity (Wildman–Crippen MR) is 83.2 cm³/mol. The van der Waals surface area contributed by atoms with E-state index in [2.05, 4.69) is 10.0 Å². The molecule has 0 bridgehead atoms. The molecule has 1 heterocycles. The summed E-state index contributed by atoms with van der Waals surface area (Å²) in [6, 6.07) is 4.77. The van der Waals surface area contributed by atoms with Crippen LogP contribution in [0.1, 0.15) is 18.4 Å². The molecule has 0 aromatic heterocycles. The lowest BCUT2D eigenvalue weighted by molar-refractivity contribution is 0.122. The van der Waals surface area contributed by atoms with Gasteiger partial charge in [-0.3, -0.25) is 0 Å². The molecule has 1 atom stereocenters. The molecule has 2 rings (SSSR count). The molecule has 0 saturated carbocycles. The van der Waals surface area contributed by atoms with Crippen LogP contribution in [0.15, 0.2) is 23.1 Å². The van der Waals surface area contributed by atoms with E-state index >= 15 is 0 Å². The minimum Gasteiger partial charge on any atom is -0.383 e. The second-order valence-corrected chi connectivity index (χ2v) is 7.65. The van der Waals surface area contributed by atoms with Gasteiger partial charge in [-0.15, -0.1) is 0 Å². The van der Waals surface area contributed by atoms with Crippen molar-refractivity contribution in [2.45, 2.75) is 30.2 Å². The third-order valence-corrected chi connectivity index (χ3v) is 5.58. The van der Waals surface area contributed by atoms with E-state index in [-0.39, 0.29) is 10.4 Å². The van der Waals surface area contributed by atoms with Gasteiger partial charge in [-0.2, -0.15) is 0 Å². The summed E-state index contributed by atoms with van der Waals surface area (Å²) in [5.74, 6) is 0. The summed E-state index contributed by atoms with van der Waals surface area (Å²) < 4.78 is 32.8. The molecule has 1 aliphatic rings. The first-order valence-electron chi connectivity index (χ1n) is 6.88. The average molecular weight is 333 g/mol. The Kier molecular flexibility index (Phi) is 5.27. The van der Waals surface area contributed by atoms with Gasteiger partial charge in [0.05, 0.1) is 17.0 Å². The van der Waals surface area contributed by atoms with Gasteiger partial charge in [0.1, 0.15) is 0 Å². The number of methoxy groups -OCH3 is 1. The van der Waals surface area contributed by atoms with Crippen LogP contribution in [0.2, 0.25) is 5.02 Å². The van der Waals surface area contributed by atoms with Crippen molar-refractivity contribution < 1.29 is 13.2 Å². The highest BCUT2D eigenvalue weighted by atomic mass is 35.5. The number of benzene rings is 1. The van der Waals surface area contributed by atoms with Crippen LogP contribution in [0.3, 0.4) is 0 Å². The fourth-order valence-electron chi connectivity index (χ4n) is 2.70. The lowest BCUT2D eigenvalue weighted by Crippen LogP contribution is -2.52. The average Bonchev–Trinajstić information content (AvgIpc) is 2.86. The highest BCUT2D eigenvalue weighted by molar-refractivity contribution is 7.89. The molecule has 1 aromatic carbocycles. The number of hydrogen-bond donors (Lipinski definition) is 2. The summed E-state index contributed by atoms with van der Waals surface area (Å²) >= 11 is 5.87. The third kappa shape index (κ3) is 3.96. The van der Waals surface area contributed by atoms with E-state index in [4.69, 9.17) is 16.3 Å². The van der Waals surface area contributed by atoms with Gasteiger partial charge < -0.3 is 10.1 Å². The molecule has 118 valence electrons. The zero-order valence-corrected chi connectivity index (χ0v) is 13.9. The van der Waals surface area contributed by atoms with Crippen molar-refractivity contribution in [3.63, 3.8) is 0 Å². The molecule has 7 heteroatoms. The topological polar surface area (TPSA) is 67.4 Å². The van der Waals surface area contributed by atoms with Gasteiger partial charge in [-0.1, -0.05) is 11.6 Å². The number of sulfonamides is 1. The lowest BCUT2D eigenvalue weighted by Gasteiger charge is -2.29. The van der Waals surface area contributed by atoms with E-state index in [1.54, 1.807) is 26.2 Å². The number of aryl methyl sites for hydroxylation is 1. The molecule has 21 heavy (non-hydrogen) atoms. The Labute approximate surface area is 131 Å². The van der Waals surface area contributed by atoms with Gasteiger partial charge in [0, 0.05) is 18.7 Å². The molecule has 1 saturated heterocycles. The van der Waals surface area contributed by atoms with Crippen molar-refractivity contribution in [1.82, 2.24) is 10.0 Å². The van der Waals surface area contributed by atoms with Crippen molar-refractivity contribution in [2.24, 2.45) is 0 Å². The van der Waals surface area contributed by atoms with Crippen LogP contribution in [0.5, 0.6) is 0 Å². The molecule has 1 aliphatic heterocycles. The summed E-state index contributed by atoms with van der Waals surface area (Å²) in [6.07, 6.45) is 1.91. The van der Waals surface area contributed by atoms with Crippen molar-refractivity contribution in [3.05, 3.63) is 28.8 Å². The third-order valence-electron chi connectivity index (χ3n) is 3.78. The number of nitrogens with one attached hydrogen (secondary N) is 2. The van der Waals surface area contributed by atoms with Crippen LogP contribution in [0.4, 0.5) is 0 Å². The van der Waals surface area contributed by atoms with Crippen molar-refractivity contribution >= 4 is 21.6 Å². The van der Waals surface area contributed by atoms with E-state index in [0.717, 1.165) is 19.4 Å². The monoisotopic (exact) mass is 332 g/mol. The summed E-state index contributed by atoms with van der Waals surface area (Å²) in [5.41, 5.74) is 0.317. The van der Waals surface area contributed by atoms with E-state index in [0.29, 0.717) is 23.7 Å². The predicted octanol–water partition coefficient (Wildman–Crippen LogP) is 1.70. The Hall–Kier alpha value is -0.660. The van der Waals surface area contributed by atoms with Crippen LogP contribution in [-0.4, -0.2) is 40.8 Å². The first-order chi connectivity index (χ1) is 9.88. The fourth-order valence-corrected chi connectivity index (χ4v) is 4.27. The summed E-state index contributed by atoms with van der Waals surface area (Å²) in [7, 11) is -1.93. The molecule has 0 spiro atoms. The van der Waals surface area contributed by atoms with Gasteiger partial charge >= 0.3 is 0 Å². The molecule has 0 aliphatic carbocycles. The Bertz CT molecular complexity index is 598. The first-order valence-corrected chi connectivity index (χ1v) is 8.74. The number of halogens is 1. The molecule has 1 unspecified atom stereocenters. The zero-order valence-electron chi connectivity index (χ0n) is 12.3. The second kappa shape index (κ2) is 6.62. The number of rotatable bonds is 6. The quantitative estimate of drug-likeness (QED) is 0.832. The summed E-state index contributed by atoms with van der Waals surface area (Å²) in [6.45, 7) is 3.41. The maximum Gasteiger partial charge on any atom is 0.240 e. The highest BCUT2D eigenvalue weighted by Gasteiger charge is 2.35. The molecule has 1 fully saturated rings. The van der Waals surface area contributed by atoms with Gasteiger partial charge in [0.2, 0.25) is 10.0 Å². The Balaban J connectivity index is 2.14. The maximum atomic E-state index is 12.4. The molecule has 5 nitrogen and oxygen atoms in total. The van der Waals surface area contributed by atoms with Crippen molar-refractivity contribution in [2.75, 3.05) is 26.8 Å². The fraction of sp³-hybridized carbons (Fsp3) is 0.571. The van der Waals surface area contributed by atoms with E-state index in [1.165, 1.54) is 6.07 Å². The van der Waals surface area contributed by atoms with Gasteiger partial charge in [0.15, 0.2) is 0 Å². The molecule has 2 N–H and O–H groups in total. The van der Waals surface area contributed by atoms with Gasteiger partial charge in [-0.25, -0.2) is 13.1 Å². The second-order valence-electron chi connectivity index (χ2n) is 5.48. The van der Waals surface area contributed by atoms with Gasteiger partial charge in [-0.05, 0) is 50.1 Å². The van der Waals surface area contributed by atoms with Crippen molar-refractivity contribution in [1.29, 1.82) is 0 Å². The van der Waals surface area contributed by atoms with Crippen LogP contribution >= 0.6 is 11.6 Å². The van der Waals surface area contributed by atoms with E-state index in [1.807, 2.05) is 0 Å². The molecular weight excluding hydrogens is 312 g/mol. The summed E-state index contributed by atoms with van der Waals surface area (Å²) in [5, 5.41) is 3.87. The smallest absolute Gasteiger partial charge is 0.240 e. The van der Waals surface area contributed by atoms with Gasteiger partial charge in [0.25, 0.3) is 0 Å².